The van der Waals surface area contributed by atoms with Crippen molar-refractivity contribution in [2.24, 2.45) is 0 Å². The van der Waals surface area contributed by atoms with Crippen LogP contribution in [0.3, 0.4) is 0 Å². The molecule has 178 valence electrons. The third-order valence-corrected chi connectivity index (χ3v) is 8.52. The van der Waals surface area contributed by atoms with Crippen LogP contribution < -0.4 is 4.90 Å². The monoisotopic (exact) mass is 473 g/mol. The van der Waals surface area contributed by atoms with Gasteiger partial charge in [-0.1, -0.05) is 45.0 Å². The highest BCUT2D eigenvalue weighted by Crippen LogP contribution is 2.30. The number of carbonyl (C=O) groups excluding carboxylic acids is 1. The van der Waals surface area contributed by atoms with Gasteiger partial charge in [-0.2, -0.15) is 4.31 Å². The van der Waals surface area contributed by atoms with Crippen molar-refractivity contribution >= 4 is 21.6 Å². The standard InChI is InChI=1S/C25H32FN3O3S/c1-25(2,3)19-10-12-20(13-11-19)33(31,32)29-14-6-9-23(29)24(30)28-17-15-27(16-18-28)22-8-5-4-7-21(22)26/h4-5,7-8,10-13,23H,6,9,14-18H2,1-3H3. The number of rotatable bonds is 4. The van der Waals surface area contributed by atoms with Gasteiger partial charge in [0.2, 0.25) is 15.9 Å². The molecule has 1 unspecified atom stereocenters. The molecular formula is C25H32FN3O3S. The summed E-state index contributed by atoms with van der Waals surface area (Å²) in [5.74, 6) is -0.432. The molecule has 2 fully saturated rings. The Balaban J connectivity index is 1.46. The molecule has 1 atom stereocenters. The normalized spacial score (nSPS) is 20.3. The highest BCUT2D eigenvalue weighted by molar-refractivity contribution is 7.89. The second-order valence-electron chi connectivity index (χ2n) is 9.81. The Morgan fingerprint density at radius 3 is 2.18 bits per heavy atom. The van der Waals surface area contributed by atoms with Crippen molar-refractivity contribution < 1.29 is 17.6 Å². The first kappa shape index (κ1) is 23.7. The number of amides is 1. The fraction of sp³-hybridized carbons (Fsp3) is 0.480. The molecule has 1 amide bonds. The van der Waals surface area contributed by atoms with Gasteiger partial charge in [0.05, 0.1) is 10.6 Å². The van der Waals surface area contributed by atoms with E-state index in [2.05, 4.69) is 20.8 Å². The van der Waals surface area contributed by atoms with Gasteiger partial charge in [0.15, 0.2) is 0 Å². The molecule has 6 nitrogen and oxygen atoms in total. The van der Waals surface area contributed by atoms with E-state index in [1.165, 1.54) is 10.4 Å². The molecule has 2 aliphatic rings. The number of hydrogen-bond donors (Lipinski definition) is 0. The van der Waals surface area contributed by atoms with E-state index in [4.69, 9.17) is 0 Å². The van der Waals surface area contributed by atoms with Crippen molar-refractivity contribution in [2.75, 3.05) is 37.6 Å². The third-order valence-electron chi connectivity index (χ3n) is 6.60. The fourth-order valence-corrected chi connectivity index (χ4v) is 6.27. The summed E-state index contributed by atoms with van der Waals surface area (Å²) in [6.45, 7) is 8.50. The largest absolute Gasteiger partial charge is 0.366 e. The van der Waals surface area contributed by atoms with E-state index in [0.717, 1.165) is 5.56 Å². The summed E-state index contributed by atoms with van der Waals surface area (Å²) in [4.78, 5) is 17.2. The fourth-order valence-electron chi connectivity index (χ4n) is 4.62. The van der Waals surface area contributed by atoms with E-state index in [0.29, 0.717) is 51.3 Å². The molecule has 0 spiro atoms. The number of sulfonamides is 1. The van der Waals surface area contributed by atoms with Crippen LogP contribution in [-0.2, 0) is 20.2 Å². The summed E-state index contributed by atoms with van der Waals surface area (Å²) in [7, 11) is -3.77. The maximum Gasteiger partial charge on any atom is 0.243 e. The van der Waals surface area contributed by atoms with Crippen molar-refractivity contribution in [3.63, 3.8) is 0 Å². The molecule has 0 aromatic heterocycles. The molecule has 0 radical (unpaired) electrons. The summed E-state index contributed by atoms with van der Waals surface area (Å²) >= 11 is 0. The molecular weight excluding hydrogens is 441 g/mol. The summed E-state index contributed by atoms with van der Waals surface area (Å²) in [6, 6.07) is 12.9. The second-order valence-corrected chi connectivity index (χ2v) is 11.7. The van der Waals surface area contributed by atoms with Gasteiger partial charge < -0.3 is 9.80 Å². The summed E-state index contributed by atoms with van der Waals surface area (Å²) in [5.41, 5.74) is 1.52. The van der Waals surface area contributed by atoms with Crippen LogP contribution in [0.15, 0.2) is 53.4 Å². The Morgan fingerprint density at radius 2 is 1.58 bits per heavy atom. The number of para-hydroxylation sites is 1. The van der Waals surface area contributed by atoms with Gasteiger partial charge in [-0.05, 0) is 48.1 Å². The van der Waals surface area contributed by atoms with Crippen LogP contribution in [0.25, 0.3) is 0 Å². The lowest BCUT2D eigenvalue weighted by Gasteiger charge is -2.38. The number of benzene rings is 2. The molecule has 0 saturated carbocycles. The van der Waals surface area contributed by atoms with E-state index >= 15 is 0 Å². The Morgan fingerprint density at radius 1 is 0.939 bits per heavy atom. The van der Waals surface area contributed by atoms with Crippen LogP contribution in [-0.4, -0.2) is 62.3 Å². The van der Waals surface area contributed by atoms with Crippen LogP contribution in [0.4, 0.5) is 10.1 Å². The van der Waals surface area contributed by atoms with Gasteiger partial charge in [0.1, 0.15) is 11.9 Å². The van der Waals surface area contributed by atoms with Crippen LogP contribution >= 0.6 is 0 Å². The smallest absolute Gasteiger partial charge is 0.243 e. The molecule has 4 rings (SSSR count). The number of halogens is 1. The minimum Gasteiger partial charge on any atom is -0.366 e. The van der Waals surface area contributed by atoms with Crippen molar-refractivity contribution in [3.8, 4) is 0 Å². The highest BCUT2D eigenvalue weighted by atomic mass is 32.2. The van der Waals surface area contributed by atoms with E-state index in [9.17, 15) is 17.6 Å². The molecule has 8 heteroatoms. The number of anilines is 1. The van der Waals surface area contributed by atoms with Crippen molar-refractivity contribution in [1.29, 1.82) is 0 Å². The van der Waals surface area contributed by atoms with Crippen molar-refractivity contribution in [1.82, 2.24) is 9.21 Å². The molecule has 33 heavy (non-hydrogen) atoms. The first-order valence-electron chi connectivity index (χ1n) is 11.5. The Hall–Kier alpha value is -2.45. The van der Waals surface area contributed by atoms with E-state index in [1.54, 1.807) is 35.2 Å². The molecule has 2 aromatic carbocycles. The zero-order chi connectivity index (χ0) is 23.8. The molecule has 2 aliphatic heterocycles. The minimum absolute atomic E-state index is 0.0702. The molecule has 0 bridgehead atoms. The van der Waals surface area contributed by atoms with E-state index < -0.39 is 16.1 Å². The first-order chi connectivity index (χ1) is 15.6. The van der Waals surface area contributed by atoms with Gasteiger partial charge in [-0.25, -0.2) is 12.8 Å². The van der Waals surface area contributed by atoms with Gasteiger partial charge in [-0.3, -0.25) is 4.79 Å². The lowest BCUT2D eigenvalue weighted by atomic mass is 9.87. The molecule has 0 N–H and O–H groups in total. The molecule has 2 saturated heterocycles. The Kier molecular flexibility index (Phi) is 6.51. The number of nitrogens with zero attached hydrogens (tertiary/aromatic N) is 3. The third kappa shape index (κ3) is 4.77. The van der Waals surface area contributed by atoms with Gasteiger partial charge in [0, 0.05) is 32.7 Å². The van der Waals surface area contributed by atoms with Gasteiger partial charge in [-0.15, -0.1) is 0 Å². The van der Waals surface area contributed by atoms with Crippen LogP contribution in [0.5, 0.6) is 0 Å². The SMILES string of the molecule is CC(C)(C)c1ccc(S(=O)(=O)N2CCCC2C(=O)N2CCN(c3ccccc3F)CC2)cc1. The second kappa shape index (κ2) is 9.06. The average Bonchev–Trinajstić information content (AvgIpc) is 3.30. The molecule has 2 heterocycles. The number of hydrogen-bond acceptors (Lipinski definition) is 4. The number of carbonyl (C=O) groups is 1. The zero-order valence-corrected chi connectivity index (χ0v) is 20.3. The van der Waals surface area contributed by atoms with Crippen LogP contribution in [0, 0.1) is 5.82 Å². The zero-order valence-electron chi connectivity index (χ0n) is 19.5. The predicted octanol–water partition coefficient (Wildman–Crippen LogP) is 3.63. The van der Waals surface area contributed by atoms with Gasteiger partial charge >= 0.3 is 0 Å². The molecule has 2 aromatic rings. The summed E-state index contributed by atoms with van der Waals surface area (Å²) in [5, 5.41) is 0. The maximum absolute atomic E-state index is 14.1. The molecule has 0 aliphatic carbocycles. The first-order valence-corrected chi connectivity index (χ1v) is 12.9. The predicted molar refractivity (Wildman–Crippen MR) is 127 cm³/mol. The lowest BCUT2D eigenvalue weighted by molar-refractivity contribution is -0.134. The number of piperazine rings is 1. The topological polar surface area (TPSA) is 60.9 Å². The van der Waals surface area contributed by atoms with E-state index in [-0.39, 0.29) is 22.0 Å². The van der Waals surface area contributed by atoms with E-state index in [1.807, 2.05) is 17.0 Å². The quantitative estimate of drug-likeness (QED) is 0.681. The van der Waals surface area contributed by atoms with Crippen LogP contribution in [0.2, 0.25) is 0 Å². The highest BCUT2D eigenvalue weighted by Gasteiger charge is 2.41. The Labute approximate surface area is 196 Å². The Bertz CT molecular complexity index is 1100. The summed E-state index contributed by atoms with van der Waals surface area (Å²) in [6.07, 6.45) is 1.18. The van der Waals surface area contributed by atoms with Crippen molar-refractivity contribution in [3.05, 3.63) is 59.9 Å². The summed E-state index contributed by atoms with van der Waals surface area (Å²) < 4.78 is 42.2. The van der Waals surface area contributed by atoms with Crippen LogP contribution in [0.1, 0.15) is 39.2 Å². The lowest BCUT2D eigenvalue weighted by Crippen LogP contribution is -2.54. The minimum atomic E-state index is -3.77. The average molecular weight is 474 g/mol. The van der Waals surface area contributed by atoms with Crippen molar-refractivity contribution in [2.45, 2.75) is 50.0 Å². The van der Waals surface area contributed by atoms with Gasteiger partial charge in [0.25, 0.3) is 0 Å². The maximum atomic E-state index is 14.1.